The number of benzene rings is 1. The number of carbonyl (C=O) groups is 1. The first kappa shape index (κ1) is 14.6. The van der Waals surface area contributed by atoms with Crippen LogP contribution in [-0.4, -0.2) is 26.9 Å². The molecule has 0 heterocycles. The molecule has 2 rings (SSSR count). The summed E-state index contributed by atoms with van der Waals surface area (Å²) in [6, 6.07) is 4.28. The Morgan fingerprint density at radius 3 is 2.65 bits per heavy atom. The lowest BCUT2D eigenvalue weighted by Gasteiger charge is -2.19. The maximum absolute atomic E-state index is 11.4. The molecule has 1 unspecified atom stereocenters. The van der Waals surface area contributed by atoms with Crippen molar-refractivity contribution in [3.05, 3.63) is 39.4 Å². The first-order valence-corrected chi connectivity index (χ1v) is 7.66. The number of amides is 1. The molecule has 1 fully saturated rings. The van der Waals surface area contributed by atoms with Crippen LogP contribution >= 0.6 is 0 Å². The minimum Gasteiger partial charge on any atom is -0.616 e. The highest BCUT2D eigenvalue weighted by Gasteiger charge is 2.47. The van der Waals surface area contributed by atoms with Crippen LogP contribution in [0.5, 0.6) is 0 Å². The fourth-order valence-electron chi connectivity index (χ4n) is 2.29. The van der Waals surface area contributed by atoms with Gasteiger partial charge in [0, 0.05) is 17.7 Å². The molecular formula is C12H14N2O5S. The largest absolute Gasteiger partial charge is 0.616 e. The Morgan fingerprint density at radius 2 is 2.20 bits per heavy atom. The molecule has 1 aliphatic carbocycles. The van der Waals surface area contributed by atoms with Gasteiger partial charge >= 0.3 is 6.09 Å². The number of nitrogens with one attached hydrogen (secondary N) is 1. The van der Waals surface area contributed by atoms with Gasteiger partial charge in [0.05, 0.1) is 16.7 Å². The van der Waals surface area contributed by atoms with E-state index in [0.717, 1.165) is 0 Å². The second kappa shape index (κ2) is 5.29. The summed E-state index contributed by atoms with van der Waals surface area (Å²) in [6.07, 6.45) is 1.65. The molecule has 0 radical (unpaired) electrons. The van der Waals surface area contributed by atoms with E-state index in [1.54, 1.807) is 6.07 Å². The topological polar surface area (TPSA) is 116 Å². The van der Waals surface area contributed by atoms with Crippen LogP contribution in [0.2, 0.25) is 0 Å². The van der Waals surface area contributed by atoms with E-state index in [-0.39, 0.29) is 11.4 Å². The Balaban J connectivity index is 2.41. The van der Waals surface area contributed by atoms with Crippen molar-refractivity contribution in [3.63, 3.8) is 0 Å². The number of nitro groups is 1. The van der Waals surface area contributed by atoms with Crippen LogP contribution in [0.15, 0.2) is 18.2 Å². The Labute approximate surface area is 118 Å². The Morgan fingerprint density at radius 1 is 1.55 bits per heavy atom. The van der Waals surface area contributed by atoms with Crippen LogP contribution in [0.3, 0.4) is 0 Å². The predicted molar refractivity (Wildman–Crippen MR) is 72.9 cm³/mol. The lowest BCUT2D eigenvalue weighted by molar-refractivity contribution is -0.384. The van der Waals surface area contributed by atoms with E-state index in [0.29, 0.717) is 24.0 Å². The van der Waals surface area contributed by atoms with Gasteiger partial charge in [-0.3, -0.25) is 10.1 Å². The Hall–Kier alpha value is -1.80. The summed E-state index contributed by atoms with van der Waals surface area (Å²) in [5.41, 5.74) is 0.475. The average molecular weight is 298 g/mol. The van der Waals surface area contributed by atoms with E-state index in [1.165, 1.54) is 18.4 Å². The monoisotopic (exact) mass is 298 g/mol. The summed E-state index contributed by atoms with van der Waals surface area (Å²) in [7, 11) is 0. The molecule has 0 saturated heterocycles. The lowest BCUT2D eigenvalue weighted by atomic mass is 9.98. The molecule has 0 aliphatic heterocycles. The maximum atomic E-state index is 11.4. The standard InChI is InChI=1S/C12H14N2O5S/c1-20(19)7-8-6-9(14(17)18)2-3-10(8)12(4-5-12)13-11(15)16/h2-3,6,13H,4-5,7H2,1H3,(H,15,16). The number of nitrogens with zero attached hydrogens (tertiary/aromatic N) is 1. The third-order valence-electron chi connectivity index (χ3n) is 3.27. The highest BCUT2D eigenvalue weighted by Crippen LogP contribution is 2.47. The second-order valence-electron chi connectivity index (χ2n) is 4.83. The van der Waals surface area contributed by atoms with Crippen LogP contribution < -0.4 is 5.32 Å². The van der Waals surface area contributed by atoms with Gasteiger partial charge in [-0.2, -0.15) is 0 Å². The Bertz CT molecular complexity index is 557. The highest BCUT2D eigenvalue weighted by atomic mass is 32.2. The quantitative estimate of drug-likeness (QED) is 0.488. The minimum atomic E-state index is -1.17. The number of nitro benzene ring substituents is 1. The van der Waals surface area contributed by atoms with E-state index in [1.807, 2.05) is 0 Å². The zero-order valence-electron chi connectivity index (χ0n) is 10.8. The van der Waals surface area contributed by atoms with Gasteiger partial charge in [0.2, 0.25) is 0 Å². The first-order chi connectivity index (χ1) is 9.34. The summed E-state index contributed by atoms with van der Waals surface area (Å²) in [5.74, 6) is 0.167. The van der Waals surface area contributed by atoms with E-state index < -0.39 is 27.7 Å². The zero-order chi connectivity index (χ0) is 14.9. The molecule has 1 amide bonds. The van der Waals surface area contributed by atoms with E-state index in [2.05, 4.69) is 5.32 Å². The molecule has 20 heavy (non-hydrogen) atoms. The molecule has 0 aromatic heterocycles. The van der Waals surface area contributed by atoms with Crippen LogP contribution in [0.1, 0.15) is 24.0 Å². The third kappa shape index (κ3) is 3.02. The highest BCUT2D eigenvalue weighted by molar-refractivity contribution is 7.89. The van der Waals surface area contributed by atoms with E-state index in [9.17, 15) is 19.5 Å². The molecule has 1 saturated carbocycles. The number of non-ortho nitro benzene ring substituents is 1. The van der Waals surface area contributed by atoms with Gasteiger partial charge < -0.3 is 15.0 Å². The average Bonchev–Trinajstić information content (AvgIpc) is 3.07. The smallest absolute Gasteiger partial charge is 0.405 e. The summed E-state index contributed by atoms with van der Waals surface area (Å²) >= 11 is -1.17. The van der Waals surface area contributed by atoms with Crippen molar-refractivity contribution < 1.29 is 19.4 Å². The lowest BCUT2D eigenvalue weighted by Crippen LogP contribution is -2.34. The van der Waals surface area contributed by atoms with Crippen molar-refractivity contribution in [2.45, 2.75) is 24.1 Å². The number of hydrogen-bond donors (Lipinski definition) is 2. The number of hydrogen-bond acceptors (Lipinski definition) is 4. The molecule has 0 bridgehead atoms. The normalized spacial score (nSPS) is 17.3. The third-order valence-corrected chi connectivity index (χ3v) is 3.99. The molecular weight excluding hydrogens is 284 g/mol. The molecule has 1 aromatic carbocycles. The molecule has 8 heteroatoms. The molecule has 108 valence electrons. The van der Waals surface area contributed by atoms with Gasteiger partial charge in [0.15, 0.2) is 0 Å². The molecule has 1 atom stereocenters. The number of rotatable bonds is 5. The van der Waals surface area contributed by atoms with Gasteiger partial charge in [-0.15, -0.1) is 0 Å². The number of carboxylic acid groups (broad SMARTS) is 1. The van der Waals surface area contributed by atoms with Gasteiger partial charge in [0.25, 0.3) is 5.69 Å². The summed E-state index contributed by atoms with van der Waals surface area (Å²) in [4.78, 5) is 21.2. The van der Waals surface area contributed by atoms with Gasteiger partial charge in [-0.25, -0.2) is 4.79 Å². The van der Waals surface area contributed by atoms with E-state index in [4.69, 9.17) is 5.11 Å². The molecule has 0 spiro atoms. The van der Waals surface area contributed by atoms with Crippen molar-refractivity contribution >= 4 is 23.0 Å². The van der Waals surface area contributed by atoms with Gasteiger partial charge in [-0.1, -0.05) is 11.2 Å². The zero-order valence-corrected chi connectivity index (χ0v) is 11.6. The van der Waals surface area contributed by atoms with Crippen LogP contribution in [0.4, 0.5) is 10.5 Å². The molecule has 1 aromatic rings. The van der Waals surface area contributed by atoms with Crippen molar-refractivity contribution in [1.29, 1.82) is 0 Å². The fraction of sp³-hybridized carbons (Fsp3) is 0.417. The first-order valence-electron chi connectivity index (χ1n) is 5.93. The second-order valence-corrected chi connectivity index (χ2v) is 6.26. The van der Waals surface area contributed by atoms with Crippen molar-refractivity contribution in [2.75, 3.05) is 6.26 Å². The maximum Gasteiger partial charge on any atom is 0.405 e. The van der Waals surface area contributed by atoms with Gasteiger partial charge in [0.1, 0.15) is 5.75 Å². The van der Waals surface area contributed by atoms with Crippen molar-refractivity contribution in [2.24, 2.45) is 0 Å². The molecule has 1 aliphatic rings. The van der Waals surface area contributed by atoms with Crippen LogP contribution in [0.25, 0.3) is 0 Å². The Kier molecular flexibility index (Phi) is 3.87. The van der Waals surface area contributed by atoms with Crippen LogP contribution in [0, 0.1) is 10.1 Å². The summed E-state index contributed by atoms with van der Waals surface area (Å²) in [6.45, 7) is 0. The molecule has 7 nitrogen and oxygen atoms in total. The summed E-state index contributed by atoms with van der Waals surface area (Å²) in [5, 5.41) is 22.2. The fourth-order valence-corrected chi connectivity index (χ4v) is 2.97. The molecule has 2 N–H and O–H groups in total. The van der Waals surface area contributed by atoms with Crippen LogP contribution in [-0.2, 0) is 22.5 Å². The van der Waals surface area contributed by atoms with E-state index >= 15 is 0 Å². The predicted octanol–water partition coefficient (Wildman–Crippen LogP) is 1.73. The van der Waals surface area contributed by atoms with Crippen molar-refractivity contribution in [3.8, 4) is 0 Å². The van der Waals surface area contributed by atoms with Crippen molar-refractivity contribution in [1.82, 2.24) is 5.32 Å². The minimum absolute atomic E-state index is 0.0830. The van der Waals surface area contributed by atoms with Gasteiger partial charge in [-0.05, 0) is 24.5 Å². The SMILES string of the molecule is C[S+]([O-])Cc1cc([N+](=O)[O-])ccc1C1(NC(=O)O)CC1. The summed E-state index contributed by atoms with van der Waals surface area (Å²) < 4.78 is 11.4.